The fraction of sp³-hybridized carbons (Fsp3) is 0.324. The summed E-state index contributed by atoms with van der Waals surface area (Å²) in [5.74, 6) is 0.0262. The van der Waals surface area contributed by atoms with Crippen LogP contribution in [-0.4, -0.2) is 45.0 Å². The summed E-state index contributed by atoms with van der Waals surface area (Å²) in [6.45, 7) is 5.60. The Morgan fingerprint density at radius 3 is 2.53 bits per heavy atom. The van der Waals surface area contributed by atoms with Crippen LogP contribution in [0.4, 0.5) is 26.4 Å². The molecule has 4 aromatic rings. The van der Waals surface area contributed by atoms with Crippen molar-refractivity contribution in [2.45, 2.75) is 64.6 Å². The molecule has 1 saturated carbocycles. The molecule has 11 heteroatoms. The van der Waals surface area contributed by atoms with Crippen LogP contribution >= 0.6 is 0 Å². The van der Waals surface area contributed by atoms with E-state index >= 15 is 0 Å². The molecule has 2 heterocycles. The molecule has 1 aliphatic carbocycles. The van der Waals surface area contributed by atoms with Crippen molar-refractivity contribution >= 4 is 29.0 Å². The quantitative estimate of drug-likeness (QED) is 0.175. The molecule has 10 nitrogen and oxygen atoms in total. The third-order valence-corrected chi connectivity index (χ3v) is 8.87. The number of aliphatic hydroxyl groups excluding tert-OH is 1. The summed E-state index contributed by atoms with van der Waals surface area (Å²) in [7, 11) is 0. The first kappa shape index (κ1) is 30.1. The average molecular weight is 613 g/mol. The van der Waals surface area contributed by atoms with Crippen LogP contribution in [0.15, 0.2) is 60.8 Å². The van der Waals surface area contributed by atoms with Crippen LogP contribution in [0, 0.1) is 26.6 Å². The van der Waals surface area contributed by atoms with E-state index in [1.807, 2.05) is 32.9 Å². The normalized spacial score (nSPS) is 17.4. The number of nitrogens with one attached hydrogen (secondary N) is 2. The minimum atomic E-state index is -0.976. The van der Waals surface area contributed by atoms with Gasteiger partial charge in [0.05, 0.1) is 35.2 Å². The van der Waals surface area contributed by atoms with E-state index in [4.69, 9.17) is 10.5 Å². The number of carbonyl (C=O) groups is 2. The van der Waals surface area contributed by atoms with Crippen LogP contribution in [0.2, 0.25) is 0 Å². The minimum Gasteiger partial charge on any atom is -0.454 e. The lowest BCUT2D eigenvalue weighted by molar-refractivity contribution is 0.0718. The molecule has 5 N–H and O–H groups in total. The van der Waals surface area contributed by atoms with Crippen molar-refractivity contribution in [1.82, 2.24) is 15.1 Å². The molecule has 234 valence electrons. The number of carbonyl (C=O) groups excluding carboxylic acids is 2. The Balaban J connectivity index is 1.17. The number of para-hydroxylation sites is 1. The highest BCUT2D eigenvalue weighted by Gasteiger charge is 2.51. The second kappa shape index (κ2) is 11.9. The molecular weight excluding hydrogens is 575 g/mol. The summed E-state index contributed by atoms with van der Waals surface area (Å²) < 4.78 is 21.2. The highest BCUT2D eigenvalue weighted by atomic mass is 19.1. The number of Topliss-reactive ketones (excluding diaryl/α,β-unsaturated/α-hetero) is 1. The molecule has 2 amide bonds. The van der Waals surface area contributed by atoms with Gasteiger partial charge in [-0.2, -0.15) is 5.10 Å². The van der Waals surface area contributed by atoms with E-state index in [0.717, 1.165) is 48.8 Å². The van der Waals surface area contributed by atoms with Crippen LogP contribution in [0.5, 0.6) is 11.5 Å². The number of ketones is 1. The summed E-state index contributed by atoms with van der Waals surface area (Å²) in [6, 6.07) is 14.8. The number of halogens is 1. The van der Waals surface area contributed by atoms with Crippen molar-refractivity contribution in [1.29, 1.82) is 0 Å². The topological polar surface area (TPSA) is 135 Å². The van der Waals surface area contributed by atoms with Crippen LogP contribution in [0.1, 0.15) is 59.2 Å². The summed E-state index contributed by atoms with van der Waals surface area (Å²) in [6.07, 6.45) is 4.95. The molecule has 6 rings (SSSR count). The van der Waals surface area contributed by atoms with Gasteiger partial charge in [-0.1, -0.05) is 37.5 Å². The number of rotatable bonds is 8. The monoisotopic (exact) mass is 612 g/mol. The molecule has 1 aromatic heterocycles. The first-order chi connectivity index (χ1) is 21.6. The predicted molar refractivity (Wildman–Crippen MR) is 171 cm³/mol. The molecule has 0 radical (unpaired) electrons. The van der Waals surface area contributed by atoms with Gasteiger partial charge in [-0.05, 0) is 86.7 Å². The zero-order chi connectivity index (χ0) is 31.9. The maximum Gasteiger partial charge on any atom is 0.324 e. The second-order valence-corrected chi connectivity index (χ2v) is 12.0. The number of aromatic nitrogens is 2. The van der Waals surface area contributed by atoms with Gasteiger partial charge >= 0.3 is 6.03 Å². The van der Waals surface area contributed by atoms with Gasteiger partial charge in [-0.15, -0.1) is 0 Å². The van der Waals surface area contributed by atoms with Gasteiger partial charge in [0, 0.05) is 5.69 Å². The van der Waals surface area contributed by atoms with Crippen molar-refractivity contribution in [3.63, 3.8) is 0 Å². The molecule has 1 atom stereocenters. The van der Waals surface area contributed by atoms with Crippen LogP contribution in [0.25, 0.3) is 5.69 Å². The molecule has 3 aromatic carbocycles. The fourth-order valence-electron chi connectivity index (χ4n) is 6.41. The molecule has 1 unspecified atom stereocenters. The maximum absolute atomic E-state index is 14.0. The molecule has 1 aliphatic heterocycles. The lowest BCUT2D eigenvalue weighted by atomic mass is 9.81. The van der Waals surface area contributed by atoms with Gasteiger partial charge in [0.25, 0.3) is 0 Å². The van der Waals surface area contributed by atoms with E-state index < -0.39 is 17.6 Å². The summed E-state index contributed by atoms with van der Waals surface area (Å²) in [5, 5.41) is 21.9. The molecule has 2 fully saturated rings. The Labute approximate surface area is 261 Å². The summed E-state index contributed by atoms with van der Waals surface area (Å²) in [4.78, 5) is 27.8. The largest absolute Gasteiger partial charge is 0.454 e. The van der Waals surface area contributed by atoms with Gasteiger partial charge in [0.1, 0.15) is 11.6 Å². The SMILES string of the molecule is Cc1cc(C)c(N2C(=O)NC3(CCCCC3)C2O)cc1NCC(=O)c1cnn(-c2ccc(Oc3ccccc3F)cc2C)c1N. The first-order valence-electron chi connectivity index (χ1n) is 15.1. The fourth-order valence-corrected chi connectivity index (χ4v) is 6.41. The molecular formula is C34H37FN6O4. The highest BCUT2D eigenvalue weighted by Crippen LogP contribution is 2.40. The number of nitrogens with zero attached hydrogens (tertiary/aromatic N) is 3. The number of aryl methyl sites for hydroxylation is 3. The summed E-state index contributed by atoms with van der Waals surface area (Å²) in [5.41, 5.74) is 10.4. The second-order valence-electron chi connectivity index (χ2n) is 12.0. The zero-order valence-corrected chi connectivity index (χ0v) is 25.6. The molecule has 1 saturated heterocycles. The Morgan fingerprint density at radius 2 is 1.80 bits per heavy atom. The molecule has 2 aliphatic rings. The standard InChI is InChI=1S/C34H37FN6O4/c1-20-15-21(2)28(40-32(43)34(39-33(40)44)13-7-4-8-14-34)17-26(20)37-19-29(42)24-18-38-41(31(24)36)27-12-11-23(16-22(27)3)45-30-10-6-5-9-25(30)35/h5-6,9-12,15-18,32,37,43H,4,7-8,13-14,19,36H2,1-3H3,(H,39,44). The third-order valence-electron chi connectivity index (χ3n) is 8.87. The Hall–Kier alpha value is -4.90. The molecule has 45 heavy (non-hydrogen) atoms. The number of hydrogen-bond donors (Lipinski definition) is 4. The van der Waals surface area contributed by atoms with Crippen LogP contribution in [0.3, 0.4) is 0 Å². The number of hydrogen-bond acceptors (Lipinski definition) is 7. The highest BCUT2D eigenvalue weighted by molar-refractivity contribution is 6.03. The van der Waals surface area contributed by atoms with Crippen LogP contribution in [-0.2, 0) is 0 Å². The Kier molecular flexibility index (Phi) is 7.96. The lowest BCUT2D eigenvalue weighted by Crippen LogP contribution is -2.51. The van der Waals surface area contributed by atoms with Crippen molar-refractivity contribution in [2.24, 2.45) is 0 Å². The van der Waals surface area contributed by atoms with Crippen molar-refractivity contribution < 1.29 is 23.8 Å². The van der Waals surface area contributed by atoms with Gasteiger partial charge in [-0.25, -0.2) is 13.9 Å². The van der Waals surface area contributed by atoms with Gasteiger partial charge in [-0.3, -0.25) is 9.69 Å². The van der Waals surface area contributed by atoms with E-state index in [1.165, 1.54) is 21.8 Å². The molecule has 0 bridgehead atoms. The number of ether oxygens (including phenoxy) is 1. The Morgan fingerprint density at radius 1 is 1.07 bits per heavy atom. The van der Waals surface area contributed by atoms with Crippen LogP contribution < -0.4 is 26.0 Å². The average Bonchev–Trinajstić information content (AvgIpc) is 3.50. The Bertz CT molecular complexity index is 1780. The number of benzene rings is 3. The minimum absolute atomic E-state index is 0.0632. The van der Waals surface area contributed by atoms with E-state index in [-0.39, 0.29) is 35.5 Å². The predicted octanol–water partition coefficient (Wildman–Crippen LogP) is 6.16. The van der Waals surface area contributed by atoms with Crippen molar-refractivity contribution in [3.8, 4) is 17.2 Å². The van der Waals surface area contributed by atoms with Gasteiger partial charge in [0.2, 0.25) is 0 Å². The molecule has 1 spiro atoms. The van der Waals surface area contributed by atoms with E-state index in [1.54, 1.807) is 36.4 Å². The lowest BCUT2D eigenvalue weighted by Gasteiger charge is -2.36. The van der Waals surface area contributed by atoms with Gasteiger partial charge in [0.15, 0.2) is 23.6 Å². The number of nitrogen functional groups attached to an aromatic ring is 1. The smallest absolute Gasteiger partial charge is 0.324 e. The van der Waals surface area contributed by atoms with E-state index in [9.17, 15) is 19.1 Å². The van der Waals surface area contributed by atoms with Crippen molar-refractivity contribution in [2.75, 3.05) is 22.5 Å². The van der Waals surface area contributed by atoms with E-state index in [0.29, 0.717) is 22.8 Å². The number of nitrogens with two attached hydrogens (primary N) is 1. The number of amides is 2. The third kappa shape index (κ3) is 5.59. The van der Waals surface area contributed by atoms with E-state index in [2.05, 4.69) is 15.7 Å². The van der Waals surface area contributed by atoms with Gasteiger partial charge < -0.3 is 26.2 Å². The van der Waals surface area contributed by atoms with Crippen molar-refractivity contribution in [3.05, 3.63) is 88.9 Å². The first-order valence-corrected chi connectivity index (χ1v) is 15.1. The number of anilines is 3. The zero-order valence-electron chi connectivity index (χ0n) is 25.6. The number of urea groups is 1. The maximum atomic E-state index is 14.0. The number of aliphatic hydroxyl groups is 1. The summed E-state index contributed by atoms with van der Waals surface area (Å²) >= 11 is 0.